The maximum absolute atomic E-state index is 12.3. The molecule has 0 aliphatic carbocycles. The fourth-order valence-corrected chi connectivity index (χ4v) is 2.55. The Morgan fingerprint density at radius 2 is 1.86 bits per heavy atom. The lowest BCUT2D eigenvalue weighted by atomic mass is 9.79. The van der Waals surface area contributed by atoms with E-state index in [1.165, 1.54) is 0 Å². The van der Waals surface area contributed by atoms with Crippen molar-refractivity contribution in [2.75, 3.05) is 45.9 Å². The van der Waals surface area contributed by atoms with E-state index in [4.69, 9.17) is 10.5 Å². The molecule has 1 aliphatic heterocycles. The molecule has 128 valence electrons. The van der Waals surface area contributed by atoms with Gasteiger partial charge in [-0.2, -0.15) is 0 Å². The van der Waals surface area contributed by atoms with Gasteiger partial charge in [0.2, 0.25) is 5.91 Å². The Labute approximate surface area is 141 Å². The molecule has 0 spiro atoms. The highest BCUT2D eigenvalue weighted by atomic mass is 35.5. The molecule has 0 bridgehead atoms. The highest BCUT2D eigenvalue weighted by Crippen LogP contribution is 2.29. The third-order valence-electron chi connectivity index (χ3n) is 4.02. The first kappa shape index (κ1) is 23.2. The van der Waals surface area contributed by atoms with E-state index in [-0.39, 0.29) is 30.7 Å². The standard InChI is InChI=1S/C14H29N3O2.2ClH/c1-3-8-17(4-2)9-7-16-13(18)14(12-15)5-10-19-11-6-14;;/h3-12,15H2,1-2H3,(H,16,18);2*1H. The lowest BCUT2D eigenvalue weighted by Gasteiger charge is -2.34. The Bertz CT molecular complexity index is 275. The summed E-state index contributed by atoms with van der Waals surface area (Å²) in [6.45, 7) is 9.74. The first-order valence-corrected chi connectivity index (χ1v) is 7.47. The van der Waals surface area contributed by atoms with Gasteiger partial charge in [0.25, 0.3) is 0 Å². The van der Waals surface area contributed by atoms with Crippen LogP contribution in [0.2, 0.25) is 0 Å². The van der Waals surface area contributed by atoms with E-state index in [0.717, 1.165) is 38.9 Å². The van der Waals surface area contributed by atoms with E-state index in [1.54, 1.807) is 0 Å². The molecule has 0 saturated carbocycles. The van der Waals surface area contributed by atoms with Crippen LogP contribution in [0, 0.1) is 5.41 Å². The van der Waals surface area contributed by atoms with Crippen LogP contribution in [0.4, 0.5) is 0 Å². The van der Waals surface area contributed by atoms with Gasteiger partial charge in [0.05, 0.1) is 5.41 Å². The number of hydrogen-bond acceptors (Lipinski definition) is 4. The summed E-state index contributed by atoms with van der Waals surface area (Å²) in [5.74, 6) is 0.103. The summed E-state index contributed by atoms with van der Waals surface area (Å²) in [5.41, 5.74) is 5.42. The van der Waals surface area contributed by atoms with E-state index in [9.17, 15) is 4.79 Å². The number of nitrogens with two attached hydrogens (primary N) is 1. The van der Waals surface area contributed by atoms with Gasteiger partial charge >= 0.3 is 0 Å². The number of halogens is 2. The van der Waals surface area contributed by atoms with Crippen LogP contribution in [0.15, 0.2) is 0 Å². The Morgan fingerprint density at radius 1 is 1.24 bits per heavy atom. The van der Waals surface area contributed by atoms with Crippen LogP contribution in [0.1, 0.15) is 33.1 Å². The average Bonchev–Trinajstić information content (AvgIpc) is 2.46. The van der Waals surface area contributed by atoms with Crippen LogP contribution in [0.5, 0.6) is 0 Å². The van der Waals surface area contributed by atoms with Crippen molar-refractivity contribution in [2.45, 2.75) is 33.1 Å². The highest BCUT2D eigenvalue weighted by molar-refractivity contribution is 5.85. The van der Waals surface area contributed by atoms with E-state index in [1.807, 2.05) is 0 Å². The topological polar surface area (TPSA) is 67.6 Å². The molecule has 5 nitrogen and oxygen atoms in total. The molecule has 1 saturated heterocycles. The largest absolute Gasteiger partial charge is 0.381 e. The average molecular weight is 344 g/mol. The van der Waals surface area contributed by atoms with Crippen molar-refractivity contribution in [2.24, 2.45) is 11.1 Å². The molecule has 1 heterocycles. The predicted octanol–water partition coefficient (Wildman–Crippen LogP) is 1.43. The zero-order valence-electron chi connectivity index (χ0n) is 13.2. The normalized spacial score (nSPS) is 16.8. The summed E-state index contributed by atoms with van der Waals surface area (Å²) >= 11 is 0. The number of nitrogens with one attached hydrogen (secondary N) is 1. The molecule has 1 fully saturated rings. The SMILES string of the molecule is CCCN(CC)CCNC(=O)C1(CN)CCOCC1.Cl.Cl. The van der Waals surface area contributed by atoms with Gasteiger partial charge in [0.15, 0.2) is 0 Å². The van der Waals surface area contributed by atoms with Gasteiger partial charge < -0.3 is 20.7 Å². The zero-order chi connectivity index (χ0) is 14.1. The van der Waals surface area contributed by atoms with Crippen LogP contribution in [-0.4, -0.2) is 56.7 Å². The van der Waals surface area contributed by atoms with Crippen molar-refractivity contribution < 1.29 is 9.53 Å². The summed E-state index contributed by atoms with van der Waals surface area (Å²) in [7, 11) is 0. The van der Waals surface area contributed by atoms with Gasteiger partial charge in [-0.05, 0) is 32.4 Å². The van der Waals surface area contributed by atoms with Crippen LogP contribution < -0.4 is 11.1 Å². The van der Waals surface area contributed by atoms with Crippen LogP contribution in [0.3, 0.4) is 0 Å². The van der Waals surface area contributed by atoms with Crippen molar-refractivity contribution in [1.29, 1.82) is 0 Å². The summed E-state index contributed by atoms with van der Waals surface area (Å²) in [6, 6.07) is 0. The number of amides is 1. The fourth-order valence-electron chi connectivity index (χ4n) is 2.55. The van der Waals surface area contributed by atoms with E-state index < -0.39 is 5.41 Å². The fraction of sp³-hybridized carbons (Fsp3) is 0.929. The minimum Gasteiger partial charge on any atom is -0.381 e. The van der Waals surface area contributed by atoms with Crippen molar-refractivity contribution in [3.63, 3.8) is 0 Å². The third-order valence-corrected chi connectivity index (χ3v) is 4.02. The van der Waals surface area contributed by atoms with Crippen molar-refractivity contribution >= 4 is 30.7 Å². The monoisotopic (exact) mass is 343 g/mol. The molecule has 0 aromatic heterocycles. The molecule has 1 amide bonds. The van der Waals surface area contributed by atoms with Crippen LogP contribution in [-0.2, 0) is 9.53 Å². The molecule has 1 aliphatic rings. The second-order valence-electron chi connectivity index (χ2n) is 5.29. The molecule has 21 heavy (non-hydrogen) atoms. The second kappa shape index (κ2) is 12.5. The Kier molecular flexibility index (Phi) is 13.8. The lowest BCUT2D eigenvalue weighted by molar-refractivity contribution is -0.135. The molecule has 0 atom stereocenters. The third kappa shape index (κ3) is 7.15. The van der Waals surface area contributed by atoms with Crippen molar-refractivity contribution in [1.82, 2.24) is 10.2 Å². The Hall–Kier alpha value is -0.0700. The molecule has 7 heteroatoms. The number of ether oxygens (including phenoxy) is 1. The van der Waals surface area contributed by atoms with Gasteiger partial charge in [0.1, 0.15) is 0 Å². The van der Waals surface area contributed by atoms with E-state index in [0.29, 0.717) is 26.3 Å². The minimum atomic E-state index is -0.403. The molecule has 0 aromatic rings. The predicted molar refractivity (Wildman–Crippen MR) is 91.5 cm³/mol. The maximum Gasteiger partial charge on any atom is 0.227 e. The molecule has 0 aromatic carbocycles. The molecule has 1 rings (SSSR count). The Morgan fingerprint density at radius 3 is 2.33 bits per heavy atom. The molecule has 0 unspecified atom stereocenters. The zero-order valence-corrected chi connectivity index (χ0v) is 14.9. The number of nitrogens with zero attached hydrogens (tertiary/aromatic N) is 1. The number of rotatable bonds is 8. The van der Waals surface area contributed by atoms with Gasteiger partial charge in [-0.15, -0.1) is 24.8 Å². The van der Waals surface area contributed by atoms with Gasteiger partial charge in [0, 0.05) is 32.8 Å². The lowest BCUT2D eigenvalue weighted by Crippen LogP contribution is -2.50. The minimum absolute atomic E-state index is 0. The summed E-state index contributed by atoms with van der Waals surface area (Å²) in [6.07, 6.45) is 2.62. The van der Waals surface area contributed by atoms with Crippen LogP contribution in [0.25, 0.3) is 0 Å². The van der Waals surface area contributed by atoms with Gasteiger partial charge in [-0.3, -0.25) is 4.79 Å². The first-order valence-electron chi connectivity index (χ1n) is 7.47. The smallest absolute Gasteiger partial charge is 0.227 e. The Balaban J connectivity index is 0. The molecule has 0 radical (unpaired) electrons. The maximum atomic E-state index is 12.3. The molecular formula is C14H31Cl2N3O2. The van der Waals surface area contributed by atoms with E-state index >= 15 is 0 Å². The molecular weight excluding hydrogens is 313 g/mol. The second-order valence-corrected chi connectivity index (χ2v) is 5.29. The number of carbonyl (C=O) groups excluding carboxylic acids is 1. The van der Waals surface area contributed by atoms with E-state index in [2.05, 4.69) is 24.1 Å². The van der Waals surface area contributed by atoms with Gasteiger partial charge in [-0.1, -0.05) is 13.8 Å². The van der Waals surface area contributed by atoms with Gasteiger partial charge in [-0.25, -0.2) is 0 Å². The highest BCUT2D eigenvalue weighted by Gasteiger charge is 2.38. The number of carbonyl (C=O) groups is 1. The number of hydrogen-bond donors (Lipinski definition) is 2. The summed E-state index contributed by atoms with van der Waals surface area (Å²) in [5, 5.41) is 3.05. The van der Waals surface area contributed by atoms with Crippen molar-refractivity contribution in [3.05, 3.63) is 0 Å². The van der Waals surface area contributed by atoms with Crippen molar-refractivity contribution in [3.8, 4) is 0 Å². The molecule has 3 N–H and O–H groups in total. The number of likely N-dealkylation sites (N-methyl/N-ethyl adjacent to an activating group) is 1. The van der Waals surface area contributed by atoms with Crippen LogP contribution >= 0.6 is 24.8 Å². The quantitative estimate of drug-likeness (QED) is 0.699. The summed E-state index contributed by atoms with van der Waals surface area (Å²) < 4.78 is 5.32. The first-order chi connectivity index (χ1) is 9.18. The summed E-state index contributed by atoms with van der Waals surface area (Å²) in [4.78, 5) is 14.7.